The fourth-order valence-corrected chi connectivity index (χ4v) is 1.21. The van der Waals surface area contributed by atoms with Crippen LogP contribution in [0.2, 0.25) is 0 Å². The van der Waals surface area contributed by atoms with Crippen LogP contribution in [0.5, 0.6) is 11.5 Å². The summed E-state index contributed by atoms with van der Waals surface area (Å²) in [5.74, 6) is 0.290. The van der Waals surface area contributed by atoms with Gasteiger partial charge in [0.25, 0.3) is 0 Å². The largest absolute Gasteiger partial charge is 0.511 e. The highest BCUT2D eigenvalue weighted by Gasteiger charge is 2.05. The van der Waals surface area contributed by atoms with Crippen LogP contribution >= 0.6 is 0 Å². The first-order chi connectivity index (χ1) is 7.65. The number of carbonyl (C=O) groups is 1. The van der Waals surface area contributed by atoms with Crippen molar-refractivity contribution in [3.8, 4) is 17.2 Å². The summed E-state index contributed by atoms with van der Waals surface area (Å²) in [5, 5.41) is 21.4. The Balaban J connectivity index is 2.24. The molecule has 2 rings (SSSR count). The summed E-state index contributed by atoms with van der Waals surface area (Å²) in [6.07, 6.45) is 1.34. The number of carboxylic acid groups (broad SMARTS) is 1. The summed E-state index contributed by atoms with van der Waals surface area (Å²) in [4.78, 5) is 10.3. The molecule has 6 nitrogen and oxygen atoms in total. The summed E-state index contributed by atoms with van der Waals surface area (Å²) in [6.45, 7) is 0. The molecule has 0 radical (unpaired) electrons. The van der Waals surface area contributed by atoms with Gasteiger partial charge < -0.3 is 14.9 Å². The molecule has 1 heterocycles. The van der Waals surface area contributed by atoms with Crippen molar-refractivity contribution in [3.63, 3.8) is 0 Å². The van der Waals surface area contributed by atoms with Crippen molar-refractivity contribution < 1.29 is 19.7 Å². The zero-order valence-electron chi connectivity index (χ0n) is 8.07. The number of hydrogen-bond acceptors (Lipinski definition) is 4. The summed E-state index contributed by atoms with van der Waals surface area (Å²) >= 11 is 0. The maximum atomic E-state index is 10.3. The number of rotatable bonds is 2. The minimum absolute atomic E-state index is 0.139. The SMILES string of the molecule is O=C(O)Oc1cnn(-c2ccc(O)cc2)c1. The number of aromatic hydroxyl groups is 1. The number of hydrogen-bond donors (Lipinski definition) is 2. The van der Waals surface area contributed by atoms with Gasteiger partial charge in [-0.15, -0.1) is 0 Å². The van der Waals surface area contributed by atoms with Crippen molar-refractivity contribution in [2.24, 2.45) is 0 Å². The molecule has 0 spiro atoms. The van der Waals surface area contributed by atoms with Crippen LogP contribution in [0.3, 0.4) is 0 Å². The van der Waals surface area contributed by atoms with E-state index in [2.05, 4.69) is 9.84 Å². The number of benzene rings is 1. The maximum absolute atomic E-state index is 10.3. The molecule has 6 heteroatoms. The normalized spacial score (nSPS) is 10.0. The fourth-order valence-electron chi connectivity index (χ4n) is 1.21. The second-order valence-corrected chi connectivity index (χ2v) is 3.00. The Kier molecular flexibility index (Phi) is 2.47. The zero-order chi connectivity index (χ0) is 11.5. The Hall–Kier alpha value is -2.50. The third-order valence-corrected chi connectivity index (χ3v) is 1.88. The predicted molar refractivity (Wildman–Crippen MR) is 53.9 cm³/mol. The molecule has 0 atom stereocenters. The van der Waals surface area contributed by atoms with Crippen LogP contribution in [-0.2, 0) is 0 Å². The predicted octanol–water partition coefficient (Wildman–Crippen LogP) is 1.63. The number of phenols is 1. The van der Waals surface area contributed by atoms with Gasteiger partial charge in [0.05, 0.1) is 18.1 Å². The van der Waals surface area contributed by atoms with Gasteiger partial charge in [-0.1, -0.05) is 0 Å². The highest BCUT2D eigenvalue weighted by atomic mass is 16.7. The molecule has 82 valence electrons. The third-order valence-electron chi connectivity index (χ3n) is 1.88. The van der Waals surface area contributed by atoms with Crippen molar-refractivity contribution in [3.05, 3.63) is 36.7 Å². The van der Waals surface area contributed by atoms with Gasteiger partial charge in [-0.2, -0.15) is 5.10 Å². The Morgan fingerprint density at radius 2 is 2.00 bits per heavy atom. The van der Waals surface area contributed by atoms with Crippen molar-refractivity contribution in [1.82, 2.24) is 9.78 Å². The number of nitrogens with zero attached hydrogens (tertiary/aromatic N) is 2. The van der Waals surface area contributed by atoms with Gasteiger partial charge >= 0.3 is 6.16 Å². The van der Waals surface area contributed by atoms with Crippen molar-refractivity contribution in [1.29, 1.82) is 0 Å². The van der Waals surface area contributed by atoms with Crippen LogP contribution in [0.1, 0.15) is 0 Å². The van der Waals surface area contributed by atoms with Gasteiger partial charge in [-0.3, -0.25) is 0 Å². The summed E-state index contributed by atoms with van der Waals surface area (Å²) in [6, 6.07) is 6.31. The molecule has 2 aromatic rings. The first kappa shape index (κ1) is 10.0. The van der Waals surface area contributed by atoms with Gasteiger partial charge in [-0.25, -0.2) is 9.48 Å². The molecule has 0 saturated heterocycles. The quantitative estimate of drug-likeness (QED) is 0.751. The molecule has 1 aromatic heterocycles. The molecule has 2 N–H and O–H groups in total. The minimum atomic E-state index is -1.38. The van der Waals surface area contributed by atoms with E-state index in [9.17, 15) is 4.79 Å². The number of aromatic nitrogens is 2. The van der Waals surface area contributed by atoms with E-state index in [1.807, 2.05) is 0 Å². The number of phenolic OH excluding ortho intramolecular Hbond substituents is 1. The first-order valence-corrected chi connectivity index (χ1v) is 4.40. The van der Waals surface area contributed by atoms with Gasteiger partial charge in [0.15, 0.2) is 5.75 Å². The second kappa shape index (κ2) is 3.93. The lowest BCUT2D eigenvalue weighted by Crippen LogP contribution is -2.01. The molecule has 16 heavy (non-hydrogen) atoms. The highest BCUT2D eigenvalue weighted by molar-refractivity contribution is 5.60. The monoisotopic (exact) mass is 220 g/mol. The lowest BCUT2D eigenvalue weighted by Gasteiger charge is -2.00. The molecule has 0 bridgehead atoms. The third kappa shape index (κ3) is 2.11. The van der Waals surface area contributed by atoms with E-state index in [4.69, 9.17) is 10.2 Å². The van der Waals surface area contributed by atoms with Crippen molar-refractivity contribution in [2.45, 2.75) is 0 Å². The van der Waals surface area contributed by atoms with E-state index in [1.165, 1.54) is 29.2 Å². The Labute approximate surface area is 90.3 Å². The standard InChI is InChI=1S/C10H8N2O4/c13-8-3-1-7(2-4-8)12-6-9(5-11-12)16-10(14)15/h1-6,13H,(H,14,15). The fraction of sp³-hybridized carbons (Fsp3) is 0. The lowest BCUT2D eigenvalue weighted by molar-refractivity contribution is 0.144. The smallest absolute Gasteiger partial charge is 0.508 e. The molecule has 0 fully saturated rings. The summed E-state index contributed by atoms with van der Waals surface area (Å²) in [7, 11) is 0. The molecule has 0 aliphatic heterocycles. The van der Waals surface area contributed by atoms with Crippen LogP contribution in [0.15, 0.2) is 36.7 Å². The molecule has 0 aliphatic carbocycles. The van der Waals surface area contributed by atoms with E-state index in [0.717, 1.165) is 0 Å². The van der Waals surface area contributed by atoms with E-state index in [1.54, 1.807) is 12.1 Å². The van der Waals surface area contributed by atoms with Crippen LogP contribution < -0.4 is 4.74 Å². The molecular weight excluding hydrogens is 212 g/mol. The molecule has 0 saturated carbocycles. The van der Waals surface area contributed by atoms with E-state index in [-0.39, 0.29) is 11.5 Å². The van der Waals surface area contributed by atoms with Gasteiger partial charge in [0.2, 0.25) is 0 Å². The van der Waals surface area contributed by atoms with E-state index in [0.29, 0.717) is 5.69 Å². The summed E-state index contributed by atoms with van der Waals surface area (Å²) in [5.41, 5.74) is 0.693. The molecule has 0 aliphatic rings. The average Bonchev–Trinajstić information content (AvgIpc) is 2.66. The molecule has 1 aromatic carbocycles. The van der Waals surface area contributed by atoms with Gasteiger partial charge in [-0.05, 0) is 24.3 Å². The van der Waals surface area contributed by atoms with Crippen molar-refractivity contribution in [2.75, 3.05) is 0 Å². The van der Waals surface area contributed by atoms with E-state index < -0.39 is 6.16 Å². The number of ether oxygens (including phenoxy) is 1. The Bertz CT molecular complexity index is 504. The second-order valence-electron chi connectivity index (χ2n) is 3.00. The average molecular weight is 220 g/mol. The van der Waals surface area contributed by atoms with Gasteiger partial charge in [0.1, 0.15) is 5.75 Å². The maximum Gasteiger partial charge on any atom is 0.511 e. The Morgan fingerprint density at radius 3 is 2.62 bits per heavy atom. The molecule has 0 amide bonds. The first-order valence-electron chi connectivity index (χ1n) is 4.40. The van der Waals surface area contributed by atoms with Crippen LogP contribution in [-0.4, -0.2) is 26.1 Å². The van der Waals surface area contributed by atoms with E-state index >= 15 is 0 Å². The molecule has 0 unspecified atom stereocenters. The zero-order valence-corrected chi connectivity index (χ0v) is 8.07. The minimum Gasteiger partial charge on any atom is -0.508 e. The van der Waals surface area contributed by atoms with Crippen LogP contribution in [0.25, 0.3) is 5.69 Å². The lowest BCUT2D eigenvalue weighted by atomic mass is 10.3. The molecular formula is C10H8N2O4. The van der Waals surface area contributed by atoms with Gasteiger partial charge in [0, 0.05) is 0 Å². The van der Waals surface area contributed by atoms with Crippen LogP contribution in [0.4, 0.5) is 4.79 Å². The van der Waals surface area contributed by atoms with Crippen molar-refractivity contribution >= 4 is 6.16 Å². The topological polar surface area (TPSA) is 84.6 Å². The Morgan fingerprint density at radius 1 is 1.31 bits per heavy atom. The summed E-state index contributed by atoms with van der Waals surface area (Å²) < 4.78 is 5.87. The van der Waals surface area contributed by atoms with Crippen LogP contribution in [0, 0.1) is 0 Å². The highest BCUT2D eigenvalue weighted by Crippen LogP contribution is 2.16.